The zero-order valence-corrected chi connectivity index (χ0v) is 6.34. The first kappa shape index (κ1) is 7.63. The van der Waals surface area contributed by atoms with Crippen molar-refractivity contribution in [2.45, 2.75) is 38.1 Å². The van der Waals surface area contributed by atoms with Crippen LogP contribution in [-0.2, 0) is 0 Å². The van der Waals surface area contributed by atoms with Crippen molar-refractivity contribution in [2.75, 3.05) is 0 Å². The Hall–Kier alpha value is -0.480. The Balaban J connectivity index is 2.33. The molecule has 1 aliphatic carbocycles. The molecule has 0 bridgehead atoms. The van der Waals surface area contributed by atoms with E-state index in [4.69, 9.17) is 12.2 Å². The Labute approximate surface area is 63.0 Å². The highest BCUT2D eigenvalue weighted by Gasteiger charge is 2.17. The first-order chi connectivity index (χ1) is 4.84. The van der Waals surface area contributed by atoms with Gasteiger partial charge in [0.25, 0.3) is 0 Å². The molecule has 1 fully saturated rings. The normalized spacial score (nSPS) is 23.6. The van der Waals surface area contributed by atoms with Crippen LogP contribution >= 0.6 is 0 Å². The molecule has 1 aliphatic rings. The molecule has 0 amide bonds. The quantitative estimate of drug-likeness (QED) is 0.545. The van der Waals surface area contributed by atoms with Crippen molar-refractivity contribution in [1.29, 1.82) is 0 Å². The fourth-order valence-corrected chi connectivity index (χ4v) is 1.63. The maximum atomic E-state index is 5.71. The highest BCUT2D eigenvalue weighted by Crippen LogP contribution is 2.25. The van der Waals surface area contributed by atoms with Crippen LogP contribution in [0.2, 0.25) is 0 Å². The van der Waals surface area contributed by atoms with E-state index in [0.717, 1.165) is 0 Å². The Morgan fingerprint density at radius 2 is 1.90 bits per heavy atom. The molecule has 0 aromatic carbocycles. The minimum absolute atomic E-state index is 0.0142. The van der Waals surface area contributed by atoms with Crippen LogP contribution in [0, 0.1) is 18.3 Å². The predicted molar refractivity (Wildman–Crippen MR) is 43.4 cm³/mol. The largest absolute Gasteiger partial charge is 0.317 e. The van der Waals surface area contributed by atoms with Crippen molar-refractivity contribution < 1.29 is 0 Å². The van der Waals surface area contributed by atoms with Gasteiger partial charge in [0.15, 0.2) is 0 Å². The molecular formula is C9H15N. The van der Waals surface area contributed by atoms with Crippen molar-refractivity contribution in [3.05, 3.63) is 0 Å². The molecule has 1 nitrogen and oxygen atoms in total. The fraction of sp³-hybridized carbons (Fsp3) is 0.778. The molecule has 1 rings (SSSR count). The van der Waals surface area contributed by atoms with Gasteiger partial charge in [0.2, 0.25) is 0 Å². The van der Waals surface area contributed by atoms with Gasteiger partial charge in [0.05, 0.1) is 6.04 Å². The zero-order valence-electron chi connectivity index (χ0n) is 6.34. The summed E-state index contributed by atoms with van der Waals surface area (Å²) in [6, 6.07) is 0.0142. The van der Waals surface area contributed by atoms with Crippen LogP contribution in [0.5, 0.6) is 0 Å². The predicted octanol–water partition coefficient (Wildman–Crippen LogP) is 1.53. The van der Waals surface area contributed by atoms with Gasteiger partial charge in [-0.15, -0.1) is 6.42 Å². The molecule has 1 heteroatoms. The average Bonchev–Trinajstić information content (AvgIpc) is 2.05. The van der Waals surface area contributed by atoms with Crippen molar-refractivity contribution in [2.24, 2.45) is 11.7 Å². The second-order valence-corrected chi connectivity index (χ2v) is 3.09. The number of rotatable bonds is 1. The molecule has 0 aromatic heterocycles. The topological polar surface area (TPSA) is 26.0 Å². The third kappa shape index (κ3) is 1.75. The average molecular weight is 137 g/mol. The van der Waals surface area contributed by atoms with E-state index in [-0.39, 0.29) is 6.04 Å². The summed E-state index contributed by atoms with van der Waals surface area (Å²) in [7, 11) is 0. The van der Waals surface area contributed by atoms with Crippen LogP contribution in [0.15, 0.2) is 0 Å². The Morgan fingerprint density at radius 3 is 2.40 bits per heavy atom. The minimum Gasteiger partial charge on any atom is -0.317 e. The number of nitrogens with two attached hydrogens (primary N) is 1. The fourth-order valence-electron chi connectivity index (χ4n) is 1.63. The molecule has 0 heterocycles. The van der Waals surface area contributed by atoms with Gasteiger partial charge >= 0.3 is 0 Å². The molecule has 1 atom stereocenters. The maximum Gasteiger partial charge on any atom is 0.0690 e. The molecule has 0 aliphatic heterocycles. The van der Waals surface area contributed by atoms with Gasteiger partial charge in [0.1, 0.15) is 0 Å². The lowest BCUT2D eigenvalue weighted by Crippen LogP contribution is -2.29. The first-order valence-electron chi connectivity index (χ1n) is 4.06. The van der Waals surface area contributed by atoms with Crippen molar-refractivity contribution in [3.63, 3.8) is 0 Å². The molecule has 56 valence electrons. The van der Waals surface area contributed by atoms with Gasteiger partial charge in [0, 0.05) is 0 Å². The second-order valence-electron chi connectivity index (χ2n) is 3.09. The van der Waals surface area contributed by atoms with Crippen LogP contribution in [0.25, 0.3) is 0 Å². The van der Waals surface area contributed by atoms with Gasteiger partial charge < -0.3 is 5.73 Å². The van der Waals surface area contributed by atoms with E-state index >= 15 is 0 Å². The highest BCUT2D eigenvalue weighted by atomic mass is 14.6. The van der Waals surface area contributed by atoms with Crippen LogP contribution in [0.4, 0.5) is 0 Å². The molecule has 1 saturated carbocycles. The van der Waals surface area contributed by atoms with Gasteiger partial charge in [-0.25, -0.2) is 0 Å². The summed E-state index contributed by atoms with van der Waals surface area (Å²) in [5.41, 5.74) is 5.71. The molecule has 0 aromatic rings. The van der Waals surface area contributed by atoms with Crippen LogP contribution in [0.3, 0.4) is 0 Å². The molecule has 0 spiro atoms. The van der Waals surface area contributed by atoms with Crippen LogP contribution in [-0.4, -0.2) is 6.04 Å². The third-order valence-electron chi connectivity index (χ3n) is 2.35. The maximum absolute atomic E-state index is 5.71. The van der Waals surface area contributed by atoms with E-state index < -0.39 is 0 Å². The van der Waals surface area contributed by atoms with E-state index in [1.165, 1.54) is 32.1 Å². The molecule has 2 N–H and O–H groups in total. The highest BCUT2D eigenvalue weighted by molar-refractivity contribution is 5.00. The molecular weight excluding hydrogens is 122 g/mol. The standard InChI is InChI=1S/C9H15N/c1-2-9(10)8-6-4-3-5-7-8/h1,8-9H,3-7,10H2/t9-/m1/s1. The summed E-state index contributed by atoms with van der Waals surface area (Å²) in [6.45, 7) is 0. The molecule has 0 unspecified atom stereocenters. The van der Waals surface area contributed by atoms with E-state index in [0.29, 0.717) is 5.92 Å². The second kappa shape index (κ2) is 3.63. The van der Waals surface area contributed by atoms with Gasteiger partial charge in [-0.2, -0.15) is 0 Å². The molecule has 10 heavy (non-hydrogen) atoms. The monoisotopic (exact) mass is 137 g/mol. The number of hydrogen-bond donors (Lipinski definition) is 1. The lowest BCUT2D eigenvalue weighted by Gasteiger charge is -2.23. The van der Waals surface area contributed by atoms with E-state index in [1.54, 1.807) is 0 Å². The summed E-state index contributed by atoms with van der Waals surface area (Å²) in [5, 5.41) is 0. The Bertz CT molecular complexity index is 128. The van der Waals surface area contributed by atoms with Crippen molar-refractivity contribution in [3.8, 4) is 12.3 Å². The number of hydrogen-bond acceptors (Lipinski definition) is 1. The van der Waals surface area contributed by atoms with Crippen molar-refractivity contribution >= 4 is 0 Å². The van der Waals surface area contributed by atoms with E-state index in [2.05, 4.69) is 5.92 Å². The lowest BCUT2D eigenvalue weighted by atomic mass is 9.85. The zero-order chi connectivity index (χ0) is 7.40. The van der Waals surface area contributed by atoms with Gasteiger partial charge in [-0.3, -0.25) is 0 Å². The van der Waals surface area contributed by atoms with E-state index in [9.17, 15) is 0 Å². The summed E-state index contributed by atoms with van der Waals surface area (Å²) in [6.07, 6.45) is 11.7. The summed E-state index contributed by atoms with van der Waals surface area (Å²) in [4.78, 5) is 0. The SMILES string of the molecule is C#C[C@@H](N)C1CCCCC1. The minimum atomic E-state index is 0.0142. The van der Waals surface area contributed by atoms with Crippen molar-refractivity contribution in [1.82, 2.24) is 0 Å². The van der Waals surface area contributed by atoms with E-state index in [1.807, 2.05) is 0 Å². The Morgan fingerprint density at radius 1 is 1.30 bits per heavy atom. The third-order valence-corrected chi connectivity index (χ3v) is 2.35. The lowest BCUT2D eigenvalue weighted by molar-refractivity contribution is 0.337. The molecule has 0 saturated heterocycles. The van der Waals surface area contributed by atoms with Crippen LogP contribution < -0.4 is 5.73 Å². The van der Waals surface area contributed by atoms with Gasteiger partial charge in [-0.05, 0) is 18.8 Å². The summed E-state index contributed by atoms with van der Waals surface area (Å²) in [5.74, 6) is 3.22. The number of terminal acetylenes is 1. The summed E-state index contributed by atoms with van der Waals surface area (Å²) >= 11 is 0. The smallest absolute Gasteiger partial charge is 0.0690 e. The van der Waals surface area contributed by atoms with Crippen LogP contribution in [0.1, 0.15) is 32.1 Å². The van der Waals surface area contributed by atoms with Gasteiger partial charge in [-0.1, -0.05) is 25.2 Å². The Kier molecular flexibility index (Phi) is 2.77. The first-order valence-corrected chi connectivity index (χ1v) is 4.06. The summed E-state index contributed by atoms with van der Waals surface area (Å²) < 4.78 is 0. The molecule has 0 radical (unpaired) electrons.